The van der Waals surface area contributed by atoms with Crippen LogP contribution in [0.1, 0.15) is 56.2 Å². The fraction of sp³-hybridized carbons (Fsp3) is 0.320. The summed E-state index contributed by atoms with van der Waals surface area (Å²) in [5.74, 6) is 0.421. The SMILES string of the molecule is CCCCCN1C(=S)NC(c2ccc(C)cc2)C(c2nc(-c3cccc(F)c3)no2)=C1C. The number of unbranched alkanes of at least 4 members (excludes halogenated alkanes) is 2. The summed E-state index contributed by atoms with van der Waals surface area (Å²) in [6.07, 6.45) is 3.31. The van der Waals surface area contributed by atoms with E-state index >= 15 is 0 Å². The van der Waals surface area contributed by atoms with Gasteiger partial charge in [0.2, 0.25) is 5.82 Å². The molecule has 0 amide bonds. The molecular weight excluding hydrogens is 423 g/mol. The molecule has 5 nitrogen and oxygen atoms in total. The number of hydrogen-bond acceptors (Lipinski definition) is 4. The Labute approximate surface area is 193 Å². The van der Waals surface area contributed by atoms with Crippen molar-refractivity contribution in [3.63, 3.8) is 0 Å². The van der Waals surface area contributed by atoms with Gasteiger partial charge in [0.25, 0.3) is 5.89 Å². The van der Waals surface area contributed by atoms with Crippen molar-refractivity contribution in [2.45, 2.75) is 46.1 Å². The van der Waals surface area contributed by atoms with Crippen LogP contribution >= 0.6 is 12.2 Å². The highest BCUT2D eigenvalue weighted by Crippen LogP contribution is 2.37. The van der Waals surface area contributed by atoms with Crippen LogP contribution in [-0.2, 0) is 0 Å². The minimum atomic E-state index is -0.339. The van der Waals surface area contributed by atoms with Gasteiger partial charge in [0.05, 0.1) is 11.6 Å². The maximum Gasteiger partial charge on any atom is 0.258 e. The van der Waals surface area contributed by atoms with Crippen LogP contribution < -0.4 is 5.32 Å². The minimum Gasteiger partial charge on any atom is -0.351 e. The van der Waals surface area contributed by atoms with Crippen molar-refractivity contribution in [1.29, 1.82) is 0 Å². The number of halogens is 1. The van der Waals surface area contributed by atoms with E-state index in [1.807, 2.05) is 6.92 Å². The van der Waals surface area contributed by atoms with Gasteiger partial charge in [-0.15, -0.1) is 0 Å². The quantitative estimate of drug-likeness (QED) is 0.350. The van der Waals surface area contributed by atoms with Crippen LogP contribution in [-0.4, -0.2) is 26.7 Å². The molecule has 0 aliphatic carbocycles. The molecule has 0 bridgehead atoms. The predicted octanol–water partition coefficient (Wildman–Crippen LogP) is 6.04. The molecule has 0 saturated carbocycles. The van der Waals surface area contributed by atoms with E-state index in [0.717, 1.165) is 42.6 Å². The topological polar surface area (TPSA) is 54.2 Å². The highest BCUT2D eigenvalue weighted by atomic mass is 32.1. The molecule has 0 saturated heterocycles. The molecule has 0 spiro atoms. The molecule has 0 fully saturated rings. The lowest BCUT2D eigenvalue weighted by Gasteiger charge is -2.37. The molecule has 1 N–H and O–H groups in total. The van der Waals surface area contributed by atoms with Crippen LogP contribution in [0.25, 0.3) is 17.0 Å². The summed E-state index contributed by atoms with van der Waals surface area (Å²) >= 11 is 5.73. The van der Waals surface area contributed by atoms with Crippen molar-refractivity contribution < 1.29 is 8.91 Å². The standard InChI is InChI=1S/C25H27FN4OS/c1-4-5-6-14-30-17(3)21(22(27-25(30)32)18-12-10-16(2)11-13-18)24-28-23(29-31-24)19-8-7-9-20(26)15-19/h7-13,15,22H,4-6,14H2,1-3H3,(H,27,32). The number of nitrogens with zero attached hydrogens (tertiary/aromatic N) is 3. The third-order valence-corrected chi connectivity index (χ3v) is 6.07. The van der Waals surface area contributed by atoms with Crippen LogP contribution in [0.3, 0.4) is 0 Å². The Morgan fingerprint density at radius 2 is 1.91 bits per heavy atom. The van der Waals surface area contributed by atoms with Crippen LogP contribution in [0.2, 0.25) is 0 Å². The van der Waals surface area contributed by atoms with E-state index in [-0.39, 0.29) is 11.9 Å². The predicted molar refractivity (Wildman–Crippen MR) is 128 cm³/mol. The van der Waals surface area contributed by atoms with Crippen LogP contribution in [0, 0.1) is 12.7 Å². The Kier molecular flexibility index (Phi) is 6.65. The average molecular weight is 451 g/mol. The van der Waals surface area contributed by atoms with Crippen molar-refractivity contribution in [2.75, 3.05) is 6.54 Å². The lowest BCUT2D eigenvalue weighted by atomic mass is 9.94. The van der Waals surface area contributed by atoms with Gasteiger partial charge in [-0.05, 0) is 50.2 Å². The number of aromatic nitrogens is 2. The van der Waals surface area contributed by atoms with Gasteiger partial charge >= 0.3 is 0 Å². The van der Waals surface area contributed by atoms with Crippen LogP contribution in [0.5, 0.6) is 0 Å². The van der Waals surface area contributed by atoms with Crippen LogP contribution in [0.15, 0.2) is 58.8 Å². The highest BCUT2D eigenvalue weighted by Gasteiger charge is 2.33. The van der Waals surface area contributed by atoms with Gasteiger partial charge in [0.1, 0.15) is 5.82 Å². The van der Waals surface area contributed by atoms with Crippen molar-refractivity contribution in [3.8, 4) is 11.4 Å². The molecule has 2 heterocycles. The fourth-order valence-electron chi connectivity index (χ4n) is 3.93. The molecule has 1 unspecified atom stereocenters. The first-order valence-corrected chi connectivity index (χ1v) is 11.3. The van der Waals surface area contributed by atoms with Gasteiger partial charge in [-0.1, -0.05) is 66.9 Å². The highest BCUT2D eigenvalue weighted by molar-refractivity contribution is 7.80. The maximum absolute atomic E-state index is 13.7. The molecule has 1 aliphatic rings. The summed E-state index contributed by atoms with van der Waals surface area (Å²) in [5, 5.41) is 8.30. The average Bonchev–Trinajstić information content (AvgIpc) is 3.26. The van der Waals surface area contributed by atoms with Gasteiger partial charge in [0, 0.05) is 17.8 Å². The zero-order valence-electron chi connectivity index (χ0n) is 18.6. The summed E-state index contributed by atoms with van der Waals surface area (Å²) < 4.78 is 19.4. The maximum atomic E-state index is 13.7. The molecule has 4 rings (SSSR count). The second-order valence-electron chi connectivity index (χ2n) is 8.08. The molecule has 7 heteroatoms. The monoisotopic (exact) mass is 450 g/mol. The number of hydrogen-bond donors (Lipinski definition) is 1. The van der Waals surface area contributed by atoms with Gasteiger partial charge in [0.15, 0.2) is 5.11 Å². The largest absolute Gasteiger partial charge is 0.351 e. The second kappa shape index (κ2) is 9.61. The van der Waals surface area contributed by atoms with E-state index < -0.39 is 0 Å². The number of thiocarbonyl (C=S) groups is 1. The summed E-state index contributed by atoms with van der Waals surface area (Å²) in [5.41, 5.74) is 4.69. The zero-order chi connectivity index (χ0) is 22.7. The number of aryl methyl sites for hydroxylation is 1. The van der Waals surface area contributed by atoms with E-state index in [2.05, 4.69) is 58.5 Å². The normalized spacial score (nSPS) is 16.4. The third-order valence-electron chi connectivity index (χ3n) is 5.73. The number of nitrogens with one attached hydrogen (secondary N) is 1. The Balaban J connectivity index is 1.77. The Hall–Kier alpha value is -3.06. The third kappa shape index (κ3) is 4.58. The van der Waals surface area contributed by atoms with Gasteiger partial charge in [-0.25, -0.2) is 4.39 Å². The van der Waals surface area contributed by atoms with E-state index in [0.29, 0.717) is 22.4 Å². The molecule has 2 aromatic carbocycles. The lowest BCUT2D eigenvalue weighted by molar-refractivity contribution is 0.395. The van der Waals surface area contributed by atoms with E-state index in [1.165, 1.54) is 17.7 Å². The van der Waals surface area contributed by atoms with Gasteiger partial charge in [-0.2, -0.15) is 4.98 Å². The summed E-state index contributed by atoms with van der Waals surface area (Å²) in [7, 11) is 0. The first-order valence-electron chi connectivity index (χ1n) is 10.9. The minimum absolute atomic E-state index is 0.216. The molecular formula is C25H27FN4OS. The van der Waals surface area contributed by atoms with Crippen molar-refractivity contribution in [3.05, 3.63) is 77.1 Å². The second-order valence-corrected chi connectivity index (χ2v) is 8.47. The van der Waals surface area contributed by atoms with Gasteiger partial charge < -0.3 is 14.7 Å². The van der Waals surface area contributed by atoms with Crippen LogP contribution in [0.4, 0.5) is 4.39 Å². The Bertz CT molecular complexity index is 1140. The number of allylic oxidation sites excluding steroid dienone is 1. The summed E-state index contributed by atoms with van der Waals surface area (Å²) in [6.45, 7) is 7.10. The Morgan fingerprint density at radius 1 is 1.12 bits per heavy atom. The molecule has 32 heavy (non-hydrogen) atoms. The molecule has 0 radical (unpaired) electrons. The fourth-order valence-corrected chi connectivity index (χ4v) is 4.28. The van der Waals surface area contributed by atoms with Crippen molar-refractivity contribution in [2.24, 2.45) is 0 Å². The number of rotatable bonds is 7. The number of benzene rings is 2. The first kappa shape index (κ1) is 22.1. The van der Waals surface area contributed by atoms with Crippen molar-refractivity contribution >= 4 is 22.9 Å². The lowest BCUT2D eigenvalue weighted by Crippen LogP contribution is -2.46. The molecule has 1 aliphatic heterocycles. The van der Waals surface area contributed by atoms with E-state index in [4.69, 9.17) is 16.7 Å². The van der Waals surface area contributed by atoms with E-state index in [9.17, 15) is 4.39 Å². The van der Waals surface area contributed by atoms with Gasteiger partial charge in [-0.3, -0.25) is 0 Å². The summed E-state index contributed by atoms with van der Waals surface area (Å²) in [6, 6.07) is 14.3. The first-order chi connectivity index (χ1) is 15.5. The molecule has 166 valence electrons. The smallest absolute Gasteiger partial charge is 0.258 e. The van der Waals surface area contributed by atoms with E-state index in [1.54, 1.807) is 12.1 Å². The van der Waals surface area contributed by atoms with Crippen molar-refractivity contribution in [1.82, 2.24) is 20.4 Å². The molecule has 3 aromatic rings. The zero-order valence-corrected chi connectivity index (χ0v) is 19.4. The summed E-state index contributed by atoms with van der Waals surface area (Å²) in [4.78, 5) is 6.74. The molecule has 1 aromatic heterocycles. The Morgan fingerprint density at radius 3 is 2.62 bits per heavy atom. The molecule has 1 atom stereocenters.